The predicted octanol–water partition coefficient (Wildman–Crippen LogP) is 3.53. The molecule has 0 saturated heterocycles. The van der Waals surface area contributed by atoms with Crippen molar-refractivity contribution in [2.24, 2.45) is 5.73 Å². The normalized spacial score (nSPS) is 12.5. The zero-order valence-electron chi connectivity index (χ0n) is 10.7. The quantitative estimate of drug-likeness (QED) is 0.750. The first-order chi connectivity index (χ1) is 7.52. The summed E-state index contributed by atoms with van der Waals surface area (Å²) in [5.74, 6) is 0. The second-order valence-corrected chi connectivity index (χ2v) is 4.70. The summed E-state index contributed by atoms with van der Waals surface area (Å²) in [6, 6.07) is 6.76. The van der Waals surface area contributed by atoms with Crippen LogP contribution in [0.15, 0.2) is 30.4 Å². The highest BCUT2D eigenvalue weighted by Gasteiger charge is 2.07. The van der Waals surface area contributed by atoms with Crippen molar-refractivity contribution in [1.82, 2.24) is 0 Å². The summed E-state index contributed by atoms with van der Waals surface area (Å²) in [6.45, 7) is 10.4. The first-order valence-corrected chi connectivity index (χ1v) is 6.01. The molecule has 0 aliphatic heterocycles. The first-order valence-electron chi connectivity index (χ1n) is 6.01. The van der Waals surface area contributed by atoms with Crippen LogP contribution in [-0.4, -0.2) is 6.04 Å². The van der Waals surface area contributed by atoms with Gasteiger partial charge in [-0.25, -0.2) is 0 Å². The van der Waals surface area contributed by atoms with E-state index in [4.69, 9.17) is 5.73 Å². The molecule has 0 aliphatic rings. The van der Waals surface area contributed by atoms with E-state index in [1.165, 1.54) is 22.3 Å². The number of hydrogen-bond donors (Lipinski definition) is 1. The summed E-state index contributed by atoms with van der Waals surface area (Å²) in [7, 11) is 0. The number of rotatable bonds is 5. The summed E-state index contributed by atoms with van der Waals surface area (Å²) >= 11 is 0. The Morgan fingerprint density at radius 3 is 2.69 bits per heavy atom. The molecule has 0 amide bonds. The maximum absolute atomic E-state index is 6.14. The number of benzene rings is 1. The third-order valence-corrected chi connectivity index (χ3v) is 3.04. The van der Waals surface area contributed by atoms with E-state index in [-0.39, 0.29) is 6.04 Å². The lowest BCUT2D eigenvalue weighted by atomic mass is 9.95. The maximum atomic E-state index is 6.14. The van der Waals surface area contributed by atoms with Gasteiger partial charge in [-0.1, -0.05) is 42.8 Å². The predicted molar refractivity (Wildman–Crippen MR) is 71.6 cm³/mol. The Bertz CT molecular complexity index is 366. The molecule has 0 heterocycles. The molecule has 0 bridgehead atoms. The topological polar surface area (TPSA) is 26.0 Å². The maximum Gasteiger partial charge on any atom is 0.0117 e. The van der Waals surface area contributed by atoms with Crippen molar-refractivity contribution in [3.8, 4) is 0 Å². The second-order valence-electron chi connectivity index (χ2n) is 4.70. The minimum Gasteiger partial charge on any atom is -0.327 e. The Balaban J connectivity index is 2.65. The standard InChI is InChI=1S/C15H23N/c1-5-11(2)9-15(16)10-14-8-12(3)6-7-13(14)4/h6-8,15H,2,5,9-10,16H2,1,3-4H3. The van der Waals surface area contributed by atoms with Gasteiger partial charge in [0, 0.05) is 6.04 Å². The Morgan fingerprint density at radius 1 is 1.38 bits per heavy atom. The number of aryl methyl sites for hydroxylation is 2. The molecule has 1 heteroatoms. The smallest absolute Gasteiger partial charge is 0.0117 e. The van der Waals surface area contributed by atoms with E-state index in [2.05, 4.69) is 45.5 Å². The average Bonchev–Trinajstić information content (AvgIpc) is 2.23. The molecule has 0 radical (unpaired) electrons. The van der Waals surface area contributed by atoms with Crippen LogP contribution in [0.3, 0.4) is 0 Å². The lowest BCUT2D eigenvalue weighted by Gasteiger charge is -2.14. The van der Waals surface area contributed by atoms with Gasteiger partial charge in [-0.2, -0.15) is 0 Å². The van der Waals surface area contributed by atoms with E-state index >= 15 is 0 Å². The number of nitrogens with two attached hydrogens (primary N) is 1. The largest absolute Gasteiger partial charge is 0.327 e. The summed E-state index contributed by atoms with van der Waals surface area (Å²) in [5.41, 5.74) is 11.4. The zero-order valence-corrected chi connectivity index (χ0v) is 10.7. The summed E-state index contributed by atoms with van der Waals surface area (Å²) in [4.78, 5) is 0. The lowest BCUT2D eigenvalue weighted by Crippen LogP contribution is -2.23. The van der Waals surface area contributed by atoms with Gasteiger partial charge in [-0.3, -0.25) is 0 Å². The highest BCUT2D eigenvalue weighted by Crippen LogP contribution is 2.15. The van der Waals surface area contributed by atoms with Gasteiger partial charge in [0.05, 0.1) is 0 Å². The van der Waals surface area contributed by atoms with E-state index in [9.17, 15) is 0 Å². The van der Waals surface area contributed by atoms with Gasteiger partial charge in [-0.15, -0.1) is 0 Å². The average molecular weight is 217 g/mol. The van der Waals surface area contributed by atoms with Crippen LogP contribution in [0.25, 0.3) is 0 Å². The molecular weight excluding hydrogens is 194 g/mol. The van der Waals surface area contributed by atoms with E-state index < -0.39 is 0 Å². The number of hydrogen-bond acceptors (Lipinski definition) is 1. The zero-order chi connectivity index (χ0) is 12.1. The van der Waals surface area contributed by atoms with Crippen LogP contribution >= 0.6 is 0 Å². The Hall–Kier alpha value is -1.08. The van der Waals surface area contributed by atoms with Crippen molar-refractivity contribution in [2.45, 2.75) is 46.1 Å². The molecule has 2 N–H and O–H groups in total. The van der Waals surface area contributed by atoms with Crippen molar-refractivity contribution in [3.05, 3.63) is 47.0 Å². The molecule has 0 saturated carbocycles. The molecule has 1 rings (SSSR count). The minimum atomic E-state index is 0.202. The van der Waals surface area contributed by atoms with Crippen molar-refractivity contribution in [3.63, 3.8) is 0 Å². The van der Waals surface area contributed by atoms with Gasteiger partial charge in [0.25, 0.3) is 0 Å². The van der Waals surface area contributed by atoms with Gasteiger partial charge < -0.3 is 5.73 Å². The summed E-state index contributed by atoms with van der Waals surface area (Å²) in [5, 5.41) is 0. The molecule has 1 aromatic rings. The molecule has 1 atom stereocenters. The van der Waals surface area contributed by atoms with Crippen LogP contribution in [0.4, 0.5) is 0 Å². The van der Waals surface area contributed by atoms with E-state index in [0.29, 0.717) is 0 Å². The van der Waals surface area contributed by atoms with Crippen molar-refractivity contribution < 1.29 is 0 Å². The molecule has 0 aliphatic carbocycles. The van der Waals surface area contributed by atoms with Crippen molar-refractivity contribution in [2.75, 3.05) is 0 Å². The van der Waals surface area contributed by atoms with E-state index in [1.54, 1.807) is 0 Å². The third-order valence-electron chi connectivity index (χ3n) is 3.04. The van der Waals surface area contributed by atoms with Crippen LogP contribution in [0.2, 0.25) is 0 Å². The van der Waals surface area contributed by atoms with Gasteiger partial charge in [0.15, 0.2) is 0 Å². The third kappa shape index (κ3) is 3.82. The summed E-state index contributed by atoms with van der Waals surface area (Å²) < 4.78 is 0. The fourth-order valence-corrected chi connectivity index (χ4v) is 1.89. The highest BCUT2D eigenvalue weighted by molar-refractivity contribution is 5.31. The highest BCUT2D eigenvalue weighted by atomic mass is 14.6. The Kier molecular flexibility index (Phi) is 4.75. The fraction of sp³-hybridized carbons (Fsp3) is 0.467. The molecule has 0 aromatic heterocycles. The van der Waals surface area contributed by atoms with Gasteiger partial charge >= 0.3 is 0 Å². The van der Waals surface area contributed by atoms with Crippen LogP contribution < -0.4 is 5.73 Å². The molecule has 16 heavy (non-hydrogen) atoms. The lowest BCUT2D eigenvalue weighted by molar-refractivity contribution is 0.649. The minimum absolute atomic E-state index is 0.202. The molecule has 1 nitrogen and oxygen atoms in total. The molecular formula is C15H23N. The Labute approximate surface area is 99.4 Å². The fourth-order valence-electron chi connectivity index (χ4n) is 1.89. The van der Waals surface area contributed by atoms with Gasteiger partial charge in [-0.05, 0) is 44.2 Å². The van der Waals surface area contributed by atoms with Crippen LogP contribution in [0, 0.1) is 13.8 Å². The van der Waals surface area contributed by atoms with E-state index in [0.717, 1.165) is 19.3 Å². The molecule has 0 fully saturated rings. The first kappa shape index (κ1) is 13.0. The monoisotopic (exact) mass is 217 g/mol. The second kappa shape index (κ2) is 5.86. The molecule has 88 valence electrons. The van der Waals surface area contributed by atoms with Gasteiger partial charge in [0.2, 0.25) is 0 Å². The van der Waals surface area contributed by atoms with Crippen molar-refractivity contribution >= 4 is 0 Å². The van der Waals surface area contributed by atoms with E-state index in [1.807, 2.05) is 0 Å². The van der Waals surface area contributed by atoms with Crippen molar-refractivity contribution in [1.29, 1.82) is 0 Å². The molecule has 0 spiro atoms. The molecule has 1 aromatic carbocycles. The van der Waals surface area contributed by atoms with Gasteiger partial charge in [0.1, 0.15) is 0 Å². The molecule has 1 unspecified atom stereocenters. The SMILES string of the molecule is C=C(CC)CC(N)Cc1cc(C)ccc1C. The van der Waals surface area contributed by atoms with Crippen LogP contribution in [0.5, 0.6) is 0 Å². The Morgan fingerprint density at radius 2 is 2.06 bits per heavy atom. The van der Waals surface area contributed by atoms with Crippen LogP contribution in [0.1, 0.15) is 36.5 Å². The van der Waals surface area contributed by atoms with Crippen LogP contribution in [-0.2, 0) is 6.42 Å². The summed E-state index contributed by atoms with van der Waals surface area (Å²) in [6.07, 6.45) is 2.91.